The number of nitrogens with one attached hydrogen (secondary N) is 1. The molecule has 1 atom stereocenters. The van der Waals surface area contributed by atoms with Crippen LogP contribution in [0, 0.1) is 19.7 Å². The van der Waals surface area contributed by atoms with E-state index in [0.717, 1.165) is 29.2 Å². The molecule has 0 aliphatic heterocycles. The first-order chi connectivity index (χ1) is 10.0. The third kappa shape index (κ3) is 4.25. The van der Waals surface area contributed by atoms with E-state index in [1.54, 1.807) is 17.4 Å². The van der Waals surface area contributed by atoms with Crippen molar-refractivity contribution in [2.24, 2.45) is 0 Å². The summed E-state index contributed by atoms with van der Waals surface area (Å²) in [5, 5.41) is 5.19. The van der Waals surface area contributed by atoms with Crippen molar-refractivity contribution in [3.63, 3.8) is 0 Å². The normalized spacial score (nSPS) is 12.6. The van der Waals surface area contributed by atoms with Crippen molar-refractivity contribution in [2.45, 2.75) is 39.7 Å². The standard InChI is InChI=1S/C16H20ClFN2S/c1-4-7-19-15(16-10(2)20-11(3)21-16)9-12-8-13(18)5-6-14(12)17/h5-6,8,15,19H,4,7,9H2,1-3H3. The predicted octanol–water partition coefficient (Wildman–Crippen LogP) is 4.84. The third-order valence-electron chi connectivity index (χ3n) is 3.33. The Morgan fingerprint density at radius 3 is 2.76 bits per heavy atom. The number of aryl methyl sites for hydroxylation is 2. The van der Waals surface area contributed by atoms with E-state index in [0.29, 0.717) is 11.4 Å². The number of benzene rings is 1. The smallest absolute Gasteiger partial charge is 0.123 e. The lowest BCUT2D eigenvalue weighted by molar-refractivity contribution is 0.531. The minimum atomic E-state index is -0.249. The zero-order valence-corrected chi connectivity index (χ0v) is 14.1. The second-order valence-corrected chi connectivity index (χ2v) is 6.77. The number of nitrogens with zero attached hydrogens (tertiary/aromatic N) is 1. The summed E-state index contributed by atoms with van der Waals surface area (Å²) < 4.78 is 13.4. The Morgan fingerprint density at radius 2 is 2.14 bits per heavy atom. The van der Waals surface area contributed by atoms with E-state index in [2.05, 4.69) is 17.2 Å². The summed E-state index contributed by atoms with van der Waals surface area (Å²) in [6.45, 7) is 7.07. The van der Waals surface area contributed by atoms with Crippen LogP contribution in [-0.4, -0.2) is 11.5 Å². The van der Waals surface area contributed by atoms with Gasteiger partial charge in [0.15, 0.2) is 0 Å². The molecule has 0 aliphatic carbocycles. The molecule has 1 heterocycles. The molecule has 1 aromatic heterocycles. The largest absolute Gasteiger partial charge is 0.309 e. The van der Waals surface area contributed by atoms with Gasteiger partial charge in [-0.2, -0.15) is 0 Å². The van der Waals surface area contributed by atoms with E-state index >= 15 is 0 Å². The molecule has 1 unspecified atom stereocenters. The third-order valence-corrected chi connectivity index (χ3v) is 4.88. The van der Waals surface area contributed by atoms with Gasteiger partial charge < -0.3 is 5.32 Å². The van der Waals surface area contributed by atoms with Crippen LogP contribution in [-0.2, 0) is 6.42 Å². The molecule has 0 saturated heterocycles. The topological polar surface area (TPSA) is 24.9 Å². The minimum absolute atomic E-state index is 0.121. The molecule has 0 bridgehead atoms. The molecule has 0 amide bonds. The minimum Gasteiger partial charge on any atom is -0.309 e. The first-order valence-corrected chi connectivity index (χ1v) is 8.32. The van der Waals surface area contributed by atoms with E-state index in [9.17, 15) is 4.39 Å². The molecule has 2 aromatic rings. The van der Waals surface area contributed by atoms with Gasteiger partial charge in [-0.15, -0.1) is 11.3 Å². The van der Waals surface area contributed by atoms with Crippen LogP contribution in [0.1, 0.15) is 40.5 Å². The van der Waals surface area contributed by atoms with Gasteiger partial charge in [0.1, 0.15) is 5.82 Å². The van der Waals surface area contributed by atoms with Crippen molar-refractivity contribution in [3.05, 3.63) is 50.2 Å². The quantitative estimate of drug-likeness (QED) is 0.822. The van der Waals surface area contributed by atoms with Crippen LogP contribution in [0.3, 0.4) is 0 Å². The zero-order chi connectivity index (χ0) is 15.4. The van der Waals surface area contributed by atoms with Gasteiger partial charge >= 0.3 is 0 Å². The monoisotopic (exact) mass is 326 g/mol. The summed E-state index contributed by atoms with van der Waals surface area (Å²) in [5.41, 5.74) is 1.87. The van der Waals surface area contributed by atoms with Gasteiger partial charge in [-0.1, -0.05) is 18.5 Å². The molecule has 1 N–H and O–H groups in total. The number of aromatic nitrogens is 1. The van der Waals surface area contributed by atoms with Gasteiger partial charge in [-0.25, -0.2) is 9.37 Å². The molecule has 0 radical (unpaired) electrons. The Hall–Kier alpha value is -0.970. The number of halogens is 2. The summed E-state index contributed by atoms with van der Waals surface area (Å²) in [6, 6.07) is 4.65. The maximum atomic E-state index is 13.4. The van der Waals surface area contributed by atoms with Gasteiger partial charge in [0.2, 0.25) is 0 Å². The predicted molar refractivity (Wildman–Crippen MR) is 87.7 cm³/mol. The summed E-state index contributed by atoms with van der Waals surface area (Å²) >= 11 is 7.89. The van der Waals surface area contributed by atoms with E-state index in [4.69, 9.17) is 11.6 Å². The lowest BCUT2D eigenvalue weighted by Crippen LogP contribution is -2.24. The van der Waals surface area contributed by atoms with Crippen LogP contribution in [0.4, 0.5) is 4.39 Å². The van der Waals surface area contributed by atoms with Crippen molar-refractivity contribution >= 4 is 22.9 Å². The van der Waals surface area contributed by atoms with E-state index in [-0.39, 0.29) is 11.9 Å². The maximum absolute atomic E-state index is 13.4. The first kappa shape index (κ1) is 16.4. The molecule has 2 nitrogen and oxygen atoms in total. The second-order valence-electron chi connectivity index (χ2n) is 5.13. The molecule has 0 aliphatic rings. The van der Waals surface area contributed by atoms with E-state index in [1.165, 1.54) is 17.0 Å². The number of hydrogen-bond donors (Lipinski definition) is 1. The highest BCUT2D eigenvalue weighted by molar-refractivity contribution is 7.11. The SMILES string of the molecule is CCCNC(Cc1cc(F)ccc1Cl)c1sc(C)nc1C. The lowest BCUT2D eigenvalue weighted by atomic mass is 10.0. The highest BCUT2D eigenvalue weighted by Crippen LogP contribution is 2.30. The summed E-state index contributed by atoms with van der Waals surface area (Å²) in [4.78, 5) is 5.70. The Kier molecular flexibility index (Phi) is 5.73. The maximum Gasteiger partial charge on any atom is 0.123 e. The molecule has 21 heavy (non-hydrogen) atoms. The average molecular weight is 327 g/mol. The van der Waals surface area contributed by atoms with Gasteiger partial charge in [0, 0.05) is 15.9 Å². The van der Waals surface area contributed by atoms with Crippen molar-refractivity contribution in [2.75, 3.05) is 6.54 Å². The molecular formula is C16H20ClFN2S. The fraction of sp³-hybridized carbons (Fsp3) is 0.438. The Bertz CT molecular complexity index is 612. The Morgan fingerprint density at radius 1 is 1.38 bits per heavy atom. The van der Waals surface area contributed by atoms with Crippen LogP contribution in [0.15, 0.2) is 18.2 Å². The Labute approximate surface area is 134 Å². The number of thiazole rings is 1. The van der Waals surface area contributed by atoms with Crippen molar-refractivity contribution < 1.29 is 4.39 Å². The number of hydrogen-bond acceptors (Lipinski definition) is 3. The fourth-order valence-corrected chi connectivity index (χ4v) is 3.56. The number of rotatable bonds is 6. The van der Waals surface area contributed by atoms with Crippen molar-refractivity contribution in [1.29, 1.82) is 0 Å². The van der Waals surface area contributed by atoms with E-state index in [1.807, 2.05) is 13.8 Å². The Balaban J connectivity index is 2.28. The molecule has 2 rings (SSSR count). The van der Waals surface area contributed by atoms with Gasteiger partial charge in [0.05, 0.1) is 10.7 Å². The second kappa shape index (κ2) is 7.34. The van der Waals surface area contributed by atoms with Crippen LogP contribution in [0.25, 0.3) is 0 Å². The van der Waals surface area contributed by atoms with Gasteiger partial charge in [0.25, 0.3) is 0 Å². The molecule has 5 heteroatoms. The van der Waals surface area contributed by atoms with Crippen LogP contribution < -0.4 is 5.32 Å². The summed E-state index contributed by atoms with van der Waals surface area (Å²) in [6.07, 6.45) is 1.71. The lowest BCUT2D eigenvalue weighted by Gasteiger charge is -2.18. The molecule has 0 saturated carbocycles. The van der Waals surface area contributed by atoms with Crippen LogP contribution >= 0.6 is 22.9 Å². The van der Waals surface area contributed by atoms with Gasteiger partial charge in [-0.05, 0) is 57.0 Å². The summed E-state index contributed by atoms with van der Waals surface area (Å²) in [7, 11) is 0. The van der Waals surface area contributed by atoms with Crippen LogP contribution in [0.2, 0.25) is 5.02 Å². The molecular weight excluding hydrogens is 307 g/mol. The summed E-state index contributed by atoms with van der Waals surface area (Å²) in [5.74, 6) is -0.249. The molecule has 0 spiro atoms. The van der Waals surface area contributed by atoms with E-state index < -0.39 is 0 Å². The van der Waals surface area contributed by atoms with Gasteiger partial charge in [-0.3, -0.25) is 0 Å². The van der Waals surface area contributed by atoms with Crippen molar-refractivity contribution in [3.8, 4) is 0 Å². The van der Waals surface area contributed by atoms with Crippen molar-refractivity contribution in [1.82, 2.24) is 10.3 Å². The molecule has 114 valence electrons. The molecule has 0 fully saturated rings. The average Bonchev–Trinajstić information content (AvgIpc) is 2.77. The van der Waals surface area contributed by atoms with Crippen LogP contribution in [0.5, 0.6) is 0 Å². The zero-order valence-electron chi connectivity index (χ0n) is 12.5. The fourth-order valence-electron chi connectivity index (χ4n) is 2.37. The highest BCUT2D eigenvalue weighted by atomic mass is 35.5. The first-order valence-electron chi connectivity index (χ1n) is 7.12. The highest BCUT2D eigenvalue weighted by Gasteiger charge is 2.19. The molecule has 1 aromatic carbocycles.